The summed E-state index contributed by atoms with van der Waals surface area (Å²) in [5.74, 6) is 0.257. The minimum absolute atomic E-state index is 0.257. The van der Waals surface area contributed by atoms with Gasteiger partial charge in [-0.3, -0.25) is 0 Å². The highest BCUT2D eigenvalue weighted by atomic mass is 16.4. The Morgan fingerprint density at radius 1 is 1.23 bits per heavy atom. The molecule has 0 fully saturated rings. The summed E-state index contributed by atoms with van der Waals surface area (Å²) >= 11 is 0. The number of aromatic nitrogens is 1. The minimum Gasteiger partial charge on any atom is -0.403 e. The summed E-state index contributed by atoms with van der Waals surface area (Å²) in [4.78, 5) is 16.7. The molecular weight excluding hydrogens is 274 g/mol. The van der Waals surface area contributed by atoms with Crippen molar-refractivity contribution in [1.82, 2.24) is 4.98 Å². The summed E-state index contributed by atoms with van der Waals surface area (Å²) in [5, 5.41) is 2.15. The second kappa shape index (κ2) is 5.45. The number of aryl methyl sites for hydroxylation is 1. The first-order valence-electron chi connectivity index (χ1n) is 6.93. The summed E-state index contributed by atoms with van der Waals surface area (Å²) in [6, 6.07) is 13.1. The molecular formula is C19H15NO2. The van der Waals surface area contributed by atoms with Crippen LogP contribution in [0.5, 0.6) is 0 Å². The summed E-state index contributed by atoms with van der Waals surface area (Å²) < 4.78 is 5.41. The van der Waals surface area contributed by atoms with Crippen LogP contribution in [0.1, 0.15) is 11.5 Å². The Morgan fingerprint density at radius 3 is 2.73 bits per heavy atom. The fourth-order valence-electron chi connectivity index (χ4n) is 2.40. The van der Waals surface area contributed by atoms with E-state index in [0.717, 1.165) is 16.0 Å². The van der Waals surface area contributed by atoms with Crippen molar-refractivity contribution in [3.05, 3.63) is 87.4 Å². The Labute approximate surface area is 127 Å². The van der Waals surface area contributed by atoms with Gasteiger partial charge >= 0.3 is 5.63 Å². The van der Waals surface area contributed by atoms with Gasteiger partial charge in [0, 0.05) is 5.57 Å². The number of allylic oxidation sites excluding steroid dienone is 1. The molecule has 0 atom stereocenters. The number of fused-ring (bicyclic) bond motifs is 1. The van der Waals surface area contributed by atoms with E-state index in [1.807, 2.05) is 43.3 Å². The predicted molar refractivity (Wildman–Crippen MR) is 88.9 cm³/mol. The van der Waals surface area contributed by atoms with Crippen LogP contribution >= 0.6 is 0 Å². The van der Waals surface area contributed by atoms with E-state index < -0.39 is 5.63 Å². The zero-order chi connectivity index (χ0) is 15.7. The summed E-state index contributed by atoms with van der Waals surface area (Å²) in [7, 11) is 0. The van der Waals surface area contributed by atoms with Crippen molar-refractivity contribution in [2.75, 3.05) is 0 Å². The molecule has 0 aliphatic carbocycles. The SMILES string of the molecule is C=C/C(c1nc2ccc(C)cc2c(=O)o1)=c1/ccccc1=C. The van der Waals surface area contributed by atoms with E-state index in [-0.39, 0.29) is 5.89 Å². The van der Waals surface area contributed by atoms with Crippen LogP contribution < -0.4 is 16.1 Å². The second-order valence-electron chi connectivity index (χ2n) is 5.10. The van der Waals surface area contributed by atoms with Gasteiger partial charge in [-0.25, -0.2) is 9.78 Å². The highest BCUT2D eigenvalue weighted by Gasteiger charge is 2.10. The van der Waals surface area contributed by atoms with Crippen LogP contribution in [0.25, 0.3) is 23.1 Å². The van der Waals surface area contributed by atoms with Gasteiger partial charge in [0.1, 0.15) is 0 Å². The maximum atomic E-state index is 12.2. The van der Waals surface area contributed by atoms with E-state index in [9.17, 15) is 4.79 Å². The van der Waals surface area contributed by atoms with E-state index in [2.05, 4.69) is 18.1 Å². The Bertz CT molecular complexity index is 1040. The Balaban J connectivity index is 2.40. The van der Waals surface area contributed by atoms with Crippen LogP contribution in [0.3, 0.4) is 0 Å². The van der Waals surface area contributed by atoms with Gasteiger partial charge in [-0.15, -0.1) is 0 Å². The van der Waals surface area contributed by atoms with Gasteiger partial charge in [-0.1, -0.05) is 55.1 Å². The van der Waals surface area contributed by atoms with Gasteiger partial charge in [0.25, 0.3) is 0 Å². The Morgan fingerprint density at radius 2 is 2.00 bits per heavy atom. The van der Waals surface area contributed by atoms with Gasteiger partial charge in [-0.05, 0) is 29.5 Å². The first kappa shape index (κ1) is 14.0. The molecule has 3 rings (SSSR count). The molecule has 3 nitrogen and oxygen atoms in total. The number of hydrogen-bond donors (Lipinski definition) is 0. The predicted octanol–water partition coefficient (Wildman–Crippen LogP) is 2.29. The van der Waals surface area contributed by atoms with Crippen LogP contribution in [-0.2, 0) is 0 Å². The van der Waals surface area contributed by atoms with Crippen LogP contribution in [-0.4, -0.2) is 4.98 Å². The lowest BCUT2D eigenvalue weighted by Gasteiger charge is -2.03. The van der Waals surface area contributed by atoms with Gasteiger partial charge in [0.15, 0.2) is 0 Å². The highest BCUT2D eigenvalue weighted by Crippen LogP contribution is 2.14. The maximum absolute atomic E-state index is 12.2. The number of nitrogens with zero attached hydrogens (tertiary/aromatic N) is 1. The molecule has 3 heteroatoms. The van der Waals surface area contributed by atoms with Crippen LogP contribution in [0.15, 0.2) is 64.3 Å². The average molecular weight is 289 g/mol. The molecule has 0 saturated heterocycles. The maximum Gasteiger partial charge on any atom is 0.347 e. The van der Waals surface area contributed by atoms with Crippen molar-refractivity contribution in [3.63, 3.8) is 0 Å². The average Bonchev–Trinajstić information content (AvgIpc) is 2.51. The number of benzene rings is 2. The minimum atomic E-state index is -0.399. The second-order valence-corrected chi connectivity index (χ2v) is 5.10. The molecule has 0 aliphatic rings. The lowest BCUT2D eigenvalue weighted by Crippen LogP contribution is -2.25. The Hall–Kier alpha value is -2.94. The molecule has 1 aromatic heterocycles. The van der Waals surface area contributed by atoms with Crippen molar-refractivity contribution >= 4 is 23.1 Å². The zero-order valence-corrected chi connectivity index (χ0v) is 12.3. The molecule has 22 heavy (non-hydrogen) atoms. The third-order valence-electron chi connectivity index (χ3n) is 3.53. The molecule has 0 amide bonds. The molecule has 0 aliphatic heterocycles. The van der Waals surface area contributed by atoms with Crippen molar-refractivity contribution in [3.8, 4) is 0 Å². The molecule has 0 radical (unpaired) electrons. The topological polar surface area (TPSA) is 43.1 Å². The van der Waals surface area contributed by atoms with Crippen molar-refractivity contribution in [2.45, 2.75) is 6.92 Å². The molecule has 0 unspecified atom stereocenters. The number of hydrogen-bond acceptors (Lipinski definition) is 3. The molecule has 1 heterocycles. The van der Waals surface area contributed by atoms with Crippen molar-refractivity contribution < 1.29 is 4.42 Å². The van der Waals surface area contributed by atoms with Crippen LogP contribution in [0, 0.1) is 6.92 Å². The van der Waals surface area contributed by atoms with E-state index in [4.69, 9.17) is 4.42 Å². The van der Waals surface area contributed by atoms with E-state index >= 15 is 0 Å². The Kier molecular flexibility index (Phi) is 3.47. The first-order chi connectivity index (χ1) is 10.6. The van der Waals surface area contributed by atoms with Crippen molar-refractivity contribution in [1.29, 1.82) is 0 Å². The van der Waals surface area contributed by atoms with Gasteiger partial charge in [-0.2, -0.15) is 0 Å². The molecule has 0 saturated carbocycles. The smallest absolute Gasteiger partial charge is 0.347 e. The lowest BCUT2D eigenvalue weighted by molar-refractivity contribution is 0.487. The fourth-order valence-corrected chi connectivity index (χ4v) is 2.40. The van der Waals surface area contributed by atoms with E-state index in [1.54, 1.807) is 12.1 Å². The third kappa shape index (κ3) is 2.37. The van der Waals surface area contributed by atoms with E-state index in [0.29, 0.717) is 16.5 Å². The molecule has 3 aromatic rings. The van der Waals surface area contributed by atoms with E-state index in [1.165, 1.54) is 0 Å². The fraction of sp³-hybridized carbons (Fsp3) is 0.0526. The molecule has 0 spiro atoms. The summed E-state index contributed by atoms with van der Waals surface area (Å²) in [6.45, 7) is 9.73. The molecule has 0 N–H and O–H groups in total. The van der Waals surface area contributed by atoms with Gasteiger partial charge in [0.2, 0.25) is 5.89 Å². The third-order valence-corrected chi connectivity index (χ3v) is 3.53. The monoisotopic (exact) mass is 289 g/mol. The van der Waals surface area contributed by atoms with Crippen molar-refractivity contribution in [2.24, 2.45) is 0 Å². The van der Waals surface area contributed by atoms with Crippen LogP contribution in [0.4, 0.5) is 0 Å². The summed E-state index contributed by atoms with van der Waals surface area (Å²) in [6.07, 6.45) is 1.63. The largest absolute Gasteiger partial charge is 0.403 e. The highest BCUT2D eigenvalue weighted by molar-refractivity contribution is 5.80. The van der Waals surface area contributed by atoms with Gasteiger partial charge in [0.05, 0.1) is 10.9 Å². The molecule has 108 valence electrons. The first-order valence-corrected chi connectivity index (χ1v) is 6.93. The van der Waals surface area contributed by atoms with Crippen LogP contribution in [0.2, 0.25) is 0 Å². The standard InChI is InChI=1S/C19H15NO2/c1-4-14(15-8-6-5-7-13(15)3)18-20-17-10-9-12(2)11-16(17)19(21)22-18/h4-11H,1,3H2,2H3/b15-14+. The van der Waals surface area contributed by atoms with Gasteiger partial charge < -0.3 is 4.42 Å². The molecule has 0 bridgehead atoms. The number of rotatable bonds is 2. The zero-order valence-electron chi connectivity index (χ0n) is 12.3. The lowest BCUT2D eigenvalue weighted by atomic mass is 10.1. The quantitative estimate of drug-likeness (QED) is 0.727. The normalized spacial score (nSPS) is 12.2. The summed E-state index contributed by atoms with van der Waals surface area (Å²) in [5.41, 5.74) is 1.86. The molecule has 2 aromatic carbocycles.